The predicted octanol–water partition coefficient (Wildman–Crippen LogP) is 1.85. The Balaban J connectivity index is 1.67. The minimum absolute atomic E-state index is 0.212. The van der Waals surface area contributed by atoms with Gasteiger partial charge >= 0.3 is 6.03 Å². The Morgan fingerprint density at radius 1 is 1.41 bits per heavy atom. The molecule has 17 heavy (non-hydrogen) atoms. The minimum atomic E-state index is -0.681. The van der Waals surface area contributed by atoms with Crippen molar-refractivity contribution in [2.45, 2.75) is 37.8 Å². The minimum Gasteiger partial charge on any atom is -0.388 e. The van der Waals surface area contributed by atoms with Crippen molar-refractivity contribution < 1.29 is 9.90 Å². The number of aliphatic hydroxyl groups is 1. The fourth-order valence-electron chi connectivity index (χ4n) is 2.09. The van der Waals surface area contributed by atoms with Crippen LogP contribution < -0.4 is 10.6 Å². The summed E-state index contributed by atoms with van der Waals surface area (Å²) in [4.78, 5) is 11.5. The highest BCUT2D eigenvalue weighted by Crippen LogP contribution is 2.28. The van der Waals surface area contributed by atoms with Gasteiger partial charge in [0.1, 0.15) is 0 Å². The summed E-state index contributed by atoms with van der Waals surface area (Å²) < 4.78 is 0. The number of nitrogens with one attached hydrogen (secondary N) is 2. The number of carbonyl (C=O) groups excluding carboxylic acids is 1. The first kappa shape index (κ1) is 12.4. The summed E-state index contributed by atoms with van der Waals surface area (Å²) in [6, 6.07) is 1.77. The third kappa shape index (κ3) is 3.71. The van der Waals surface area contributed by atoms with Crippen LogP contribution in [-0.4, -0.2) is 23.3 Å². The summed E-state index contributed by atoms with van der Waals surface area (Å²) >= 11 is 1.61. The van der Waals surface area contributed by atoms with Gasteiger partial charge in [-0.1, -0.05) is 12.8 Å². The van der Waals surface area contributed by atoms with Crippen molar-refractivity contribution in [2.24, 2.45) is 0 Å². The Labute approximate surface area is 105 Å². The predicted molar refractivity (Wildman–Crippen MR) is 68.0 cm³/mol. The Morgan fingerprint density at radius 3 is 2.82 bits per heavy atom. The van der Waals surface area contributed by atoms with E-state index in [0.29, 0.717) is 13.1 Å². The van der Waals surface area contributed by atoms with Crippen LogP contribution >= 0.6 is 11.3 Å². The summed E-state index contributed by atoms with van der Waals surface area (Å²) in [5, 5.41) is 19.5. The zero-order valence-electron chi connectivity index (χ0n) is 9.74. The average molecular weight is 254 g/mol. The first-order chi connectivity index (χ1) is 8.18. The van der Waals surface area contributed by atoms with Crippen LogP contribution in [-0.2, 0) is 6.54 Å². The molecule has 1 aliphatic carbocycles. The summed E-state index contributed by atoms with van der Waals surface area (Å²) in [5.41, 5.74) is 0.421. The van der Waals surface area contributed by atoms with Crippen molar-refractivity contribution >= 4 is 17.4 Å². The third-order valence-corrected chi connectivity index (χ3v) is 3.88. The zero-order chi connectivity index (χ0) is 12.1. The van der Waals surface area contributed by atoms with E-state index in [-0.39, 0.29) is 6.03 Å². The lowest BCUT2D eigenvalue weighted by Crippen LogP contribution is -2.44. The van der Waals surface area contributed by atoms with Crippen molar-refractivity contribution in [2.75, 3.05) is 6.54 Å². The zero-order valence-corrected chi connectivity index (χ0v) is 10.6. The molecule has 2 amide bonds. The molecule has 1 aromatic heterocycles. The number of amides is 2. The smallest absolute Gasteiger partial charge is 0.315 e. The average Bonchev–Trinajstić information content (AvgIpc) is 2.95. The van der Waals surface area contributed by atoms with Crippen molar-refractivity contribution in [3.8, 4) is 0 Å². The molecular weight excluding hydrogens is 236 g/mol. The number of hydrogen-bond donors (Lipinski definition) is 3. The van der Waals surface area contributed by atoms with E-state index in [1.165, 1.54) is 0 Å². The first-order valence-electron chi connectivity index (χ1n) is 5.93. The Hall–Kier alpha value is -1.07. The molecule has 1 fully saturated rings. The molecule has 0 radical (unpaired) electrons. The second-order valence-electron chi connectivity index (χ2n) is 4.60. The van der Waals surface area contributed by atoms with Gasteiger partial charge in [-0.25, -0.2) is 4.79 Å². The van der Waals surface area contributed by atoms with Gasteiger partial charge in [0.25, 0.3) is 0 Å². The van der Waals surface area contributed by atoms with E-state index in [1.807, 2.05) is 16.8 Å². The highest BCUT2D eigenvalue weighted by molar-refractivity contribution is 7.07. The molecule has 5 heteroatoms. The van der Waals surface area contributed by atoms with Gasteiger partial charge in [-0.2, -0.15) is 11.3 Å². The molecule has 0 aliphatic heterocycles. The van der Waals surface area contributed by atoms with Crippen molar-refractivity contribution in [3.63, 3.8) is 0 Å². The van der Waals surface area contributed by atoms with Crippen LogP contribution in [0.3, 0.4) is 0 Å². The fourth-order valence-corrected chi connectivity index (χ4v) is 2.76. The number of urea groups is 1. The van der Waals surface area contributed by atoms with Gasteiger partial charge in [0.2, 0.25) is 0 Å². The maximum atomic E-state index is 11.5. The maximum Gasteiger partial charge on any atom is 0.315 e. The van der Waals surface area contributed by atoms with Gasteiger partial charge in [0.05, 0.1) is 5.60 Å². The Morgan fingerprint density at radius 2 is 2.18 bits per heavy atom. The van der Waals surface area contributed by atoms with E-state index in [0.717, 1.165) is 31.2 Å². The highest BCUT2D eigenvalue weighted by atomic mass is 32.1. The van der Waals surface area contributed by atoms with Crippen molar-refractivity contribution in [1.82, 2.24) is 10.6 Å². The van der Waals surface area contributed by atoms with Gasteiger partial charge in [-0.15, -0.1) is 0 Å². The molecule has 94 valence electrons. The molecule has 3 N–H and O–H groups in total. The molecule has 0 spiro atoms. The molecule has 0 atom stereocenters. The molecule has 4 nitrogen and oxygen atoms in total. The highest BCUT2D eigenvalue weighted by Gasteiger charge is 2.31. The summed E-state index contributed by atoms with van der Waals surface area (Å²) in [5.74, 6) is 0. The lowest BCUT2D eigenvalue weighted by Gasteiger charge is -2.22. The van der Waals surface area contributed by atoms with Crippen molar-refractivity contribution in [1.29, 1.82) is 0 Å². The summed E-state index contributed by atoms with van der Waals surface area (Å²) in [7, 11) is 0. The molecule has 2 rings (SSSR count). The second kappa shape index (κ2) is 5.51. The van der Waals surface area contributed by atoms with E-state index in [1.54, 1.807) is 11.3 Å². The fraction of sp³-hybridized carbons (Fsp3) is 0.583. The van der Waals surface area contributed by atoms with Crippen molar-refractivity contribution in [3.05, 3.63) is 22.4 Å². The van der Waals surface area contributed by atoms with Crippen LogP contribution in [0.4, 0.5) is 4.79 Å². The second-order valence-corrected chi connectivity index (χ2v) is 5.38. The van der Waals surface area contributed by atoms with Crippen LogP contribution in [0.15, 0.2) is 16.8 Å². The quantitative estimate of drug-likeness (QED) is 0.768. The maximum absolute atomic E-state index is 11.5. The lowest BCUT2D eigenvalue weighted by molar-refractivity contribution is 0.0501. The molecule has 0 unspecified atom stereocenters. The van der Waals surface area contributed by atoms with E-state index in [4.69, 9.17) is 0 Å². The largest absolute Gasteiger partial charge is 0.388 e. The third-order valence-electron chi connectivity index (χ3n) is 3.15. The van der Waals surface area contributed by atoms with Gasteiger partial charge in [0.15, 0.2) is 0 Å². The molecule has 0 bridgehead atoms. The van der Waals surface area contributed by atoms with Crippen LogP contribution in [0.2, 0.25) is 0 Å². The molecule has 0 saturated heterocycles. The summed E-state index contributed by atoms with van der Waals surface area (Å²) in [6.07, 6.45) is 3.68. The molecule has 1 aromatic rings. The first-order valence-corrected chi connectivity index (χ1v) is 6.87. The normalized spacial score (nSPS) is 17.9. The summed E-state index contributed by atoms with van der Waals surface area (Å²) in [6.45, 7) is 0.885. The van der Waals surface area contributed by atoms with E-state index in [9.17, 15) is 9.90 Å². The van der Waals surface area contributed by atoms with Gasteiger partial charge in [-0.05, 0) is 35.2 Å². The van der Waals surface area contributed by atoms with Crippen LogP contribution in [0.25, 0.3) is 0 Å². The number of hydrogen-bond acceptors (Lipinski definition) is 3. The monoisotopic (exact) mass is 254 g/mol. The van der Waals surface area contributed by atoms with Gasteiger partial charge < -0.3 is 15.7 Å². The van der Waals surface area contributed by atoms with E-state index in [2.05, 4.69) is 10.6 Å². The topological polar surface area (TPSA) is 61.4 Å². The SMILES string of the molecule is O=C(NCc1ccsc1)NCC1(O)CCCC1. The van der Waals surface area contributed by atoms with Crippen LogP contribution in [0.5, 0.6) is 0 Å². The van der Waals surface area contributed by atoms with E-state index >= 15 is 0 Å². The molecule has 1 aliphatic rings. The number of thiophene rings is 1. The number of carbonyl (C=O) groups is 1. The Kier molecular flexibility index (Phi) is 4.02. The van der Waals surface area contributed by atoms with Gasteiger partial charge in [-0.3, -0.25) is 0 Å². The van der Waals surface area contributed by atoms with Gasteiger partial charge in [0, 0.05) is 13.1 Å². The molecule has 0 aromatic carbocycles. The molecule has 1 saturated carbocycles. The molecule has 1 heterocycles. The molecular formula is C12H18N2O2S. The lowest BCUT2D eigenvalue weighted by atomic mass is 10.0. The number of rotatable bonds is 4. The standard InChI is InChI=1S/C12H18N2O2S/c15-11(13-7-10-3-6-17-8-10)14-9-12(16)4-1-2-5-12/h3,6,8,16H,1-2,4-5,7,9H2,(H2,13,14,15). The van der Waals surface area contributed by atoms with Crippen LogP contribution in [0.1, 0.15) is 31.2 Å². The van der Waals surface area contributed by atoms with E-state index < -0.39 is 5.60 Å². The Bertz CT molecular complexity index is 359. The van der Waals surface area contributed by atoms with Crippen LogP contribution in [0, 0.1) is 0 Å².